The number of carboxylic acids is 1. The van der Waals surface area contributed by atoms with E-state index in [4.69, 9.17) is 9.90 Å². The van der Waals surface area contributed by atoms with E-state index in [0.29, 0.717) is 0 Å². The molecule has 2 aliphatic rings. The molecule has 0 bridgehead atoms. The van der Waals surface area contributed by atoms with E-state index in [1.165, 1.54) is 0 Å². The number of aliphatic carboxylic acids is 1. The van der Waals surface area contributed by atoms with Gasteiger partial charge >= 0.3 is 12.1 Å². The molecule has 1 N–H and O–H groups in total. The summed E-state index contributed by atoms with van der Waals surface area (Å²) in [5.74, 6) is -0.621. The standard InChI is InChI=1S/C22H25N5OS.C2HF3O2/c1-16-5-3-6-17(13-16)21(28)26-10-8-22(9-11-26)15-25(2)14-19-23-24-20(27(19)22)18-7-4-12-29-18;3-2(4,5)1(6)7/h3-7,12-13H,8-11,14-15H2,1-2H3;(H,6,7). The minimum absolute atomic E-state index is 0.0610. The number of piperidine rings is 1. The van der Waals surface area contributed by atoms with Gasteiger partial charge in [0.15, 0.2) is 5.82 Å². The van der Waals surface area contributed by atoms with Crippen LogP contribution in [0.1, 0.15) is 34.6 Å². The van der Waals surface area contributed by atoms with E-state index >= 15 is 0 Å². The molecule has 0 saturated carbocycles. The number of halogens is 3. The summed E-state index contributed by atoms with van der Waals surface area (Å²) in [6.07, 6.45) is -3.25. The van der Waals surface area contributed by atoms with Gasteiger partial charge in [0.1, 0.15) is 5.82 Å². The highest BCUT2D eigenvalue weighted by Gasteiger charge is 2.44. The van der Waals surface area contributed by atoms with Crippen LogP contribution in [0.15, 0.2) is 41.8 Å². The van der Waals surface area contributed by atoms with Crippen LogP contribution in [0.4, 0.5) is 13.2 Å². The molecule has 2 aliphatic heterocycles. The molecule has 2 aromatic heterocycles. The van der Waals surface area contributed by atoms with Crippen LogP contribution in [0, 0.1) is 6.92 Å². The van der Waals surface area contributed by atoms with Crippen LogP contribution in [0.2, 0.25) is 0 Å². The molecule has 1 spiro atoms. The fourth-order valence-electron chi connectivity index (χ4n) is 4.82. The summed E-state index contributed by atoms with van der Waals surface area (Å²) in [5.41, 5.74) is 1.84. The number of likely N-dealkylation sites (N-methyl/N-ethyl adjacent to an activating group) is 1. The number of nitrogens with zero attached hydrogens (tertiary/aromatic N) is 5. The summed E-state index contributed by atoms with van der Waals surface area (Å²) in [5, 5.41) is 18.3. The number of likely N-dealkylation sites (tertiary alicyclic amines) is 1. The van der Waals surface area contributed by atoms with Gasteiger partial charge in [-0.2, -0.15) is 13.2 Å². The molecule has 0 unspecified atom stereocenters. The smallest absolute Gasteiger partial charge is 0.475 e. The van der Waals surface area contributed by atoms with Gasteiger partial charge in [-0.15, -0.1) is 21.5 Å². The molecule has 1 aromatic carbocycles. The molecule has 0 radical (unpaired) electrons. The van der Waals surface area contributed by atoms with Gasteiger partial charge in [-0.05, 0) is 50.4 Å². The highest BCUT2D eigenvalue weighted by molar-refractivity contribution is 7.13. The molecule has 1 saturated heterocycles. The minimum atomic E-state index is -5.08. The molecule has 36 heavy (non-hydrogen) atoms. The van der Waals surface area contributed by atoms with Crippen LogP contribution in [0.3, 0.4) is 0 Å². The number of fused-ring (bicyclic) bond motifs is 2. The number of amides is 1. The van der Waals surface area contributed by atoms with Crippen molar-refractivity contribution in [3.8, 4) is 10.7 Å². The Morgan fingerprint density at radius 3 is 2.39 bits per heavy atom. The monoisotopic (exact) mass is 521 g/mol. The third-order valence-electron chi connectivity index (χ3n) is 6.41. The Hall–Kier alpha value is -3.25. The van der Waals surface area contributed by atoms with E-state index in [0.717, 1.165) is 66.7 Å². The molecule has 1 fully saturated rings. The molecule has 1 amide bonds. The summed E-state index contributed by atoms with van der Waals surface area (Å²) in [4.78, 5) is 27.4. The van der Waals surface area contributed by atoms with Gasteiger partial charge in [-0.3, -0.25) is 9.69 Å². The number of thiophene rings is 1. The van der Waals surface area contributed by atoms with Crippen molar-refractivity contribution in [2.45, 2.75) is 38.0 Å². The van der Waals surface area contributed by atoms with Crippen LogP contribution >= 0.6 is 11.3 Å². The van der Waals surface area contributed by atoms with Crippen LogP contribution in [0.25, 0.3) is 10.7 Å². The number of hydrogen-bond acceptors (Lipinski definition) is 6. The number of aryl methyl sites for hydroxylation is 1. The second kappa shape index (κ2) is 10.0. The average molecular weight is 522 g/mol. The van der Waals surface area contributed by atoms with Crippen molar-refractivity contribution in [2.24, 2.45) is 0 Å². The highest BCUT2D eigenvalue weighted by Crippen LogP contribution is 2.40. The number of aromatic nitrogens is 3. The Morgan fingerprint density at radius 2 is 1.81 bits per heavy atom. The van der Waals surface area contributed by atoms with Gasteiger partial charge in [-0.25, -0.2) is 4.79 Å². The molecule has 8 nitrogen and oxygen atoms in total. The Kier molecular flexibility index (Phi) is 7.19. The lowest BCUT2D eigenvalue weighted by Crippen LogP contribution is -2.56. The third kappa shape index (κ3) is 5.29. The summed E-state index contributed by atoms with van der Waals surface area (Å²) >= 11 is 1.70. The van der Waals surface area contributed by atoms with Gasteiger partial charge in [0.05, 0.1) is 17.0 Å². The Morgan fingerprint density at radius 1 is 1.11 bits per heavy atom. The first kappa shape index (κ1) is 25.8. The van der Waals surface area contributed by atoms with Crippen molar-refractivity contribution in [3.05, 3.63) is 58.7 Å². The van der Waals surface area contributed by atoms with Crippen molar-refractivity contribution < 1.29 is 27.9 Å². The number of benzene rings is 1. The van der Waals surface area contributed by atoms with E-state index in [2.05, 4.69) is 44.2 Å². The molecule has 4 heterocycles. The molecule has 12 heteroatoms. The molecule has 5 rings (SSSR count). The van der Waals surface area contributed by atoms with Crippen molar-refractivity contribution in [1.82, 2.24) is 24.6 Å². The van der Waals surface area contributed by atoms with Crippen molar-refractivity contribution >= 4 is 23.2 Å². The van der Waals surface area contributed by atoms with Crippen molar-refractivity contribution in [3.63, 3.8) is 0 Å². The maximum atomic E-state index is 13.0. The normalized spacial score (nSPS) is 17.3. The van der Waals surface area contributed by atoms with Gasteiger partial charge in [0.25, 0.3) is 5.91 Å². The maximum Gasteiger partial charge on any atom is 0.490 e. The topological polar surface area (TPSA) is 91.6 Å². The summed E-state index contributed by atoms with van der Waals surface area (Å²) in [6.45, 7) is 5.30. The van der Waals surface area contributed by atoms with Gasteiger partial charge < -0.3 is 14.6 Å². The van der Waals surface area contributed by atoms with E-state index in [-0.39, 0.29) is 11.4 Å². The van der Waals surface area contributed by atoms with Crippen molar-refractivity contribution in [2.75, 3.05) is 26.7 Å². The number of carbonyl (C=O) groups excluding carboxylic acids is 1. The van der Waals surface area contributed by atoms with E-state index in [9.17, 15) is 18.0 Å². The average Bonchev–Trinajstić information content (AvgIpc) is 3.49. The second-order valence-electron chi connectivity index (χ2n) is 9.11. The predicted molar refractivity (Wildman–Crippen MR) is 128 cm³/mol. The number of carboxylic acid groups (broad SMARTS) is 1. The first-order chi connectivity index (χ1) is 17.0. The lowest BCUT2D eigenvalue weighted by atomic mass is 9.84. The Labute approximate surface area is 210 Å². The summed E-state index contributed by atoms with van der Waals surface area (Å²) in [6, 6.07) is 12.1. The summed E-state index contributed by atoms with van der Waals surface area (Å²) < 4.78 is 34.1. The van der Waals surface area contributed by atoms with Crippen LogP contribution in [-0.4, -0.2) is 74.4 Å². The lowest BCUT2D eigenvalue weighted by molar-refractivity contribution is -0.192. The van der Waals surface area contributed by atoms with E-state index in [1.54, 1.807) is 11.3 Å². The second-order valence-corrected chi connectivity index (χ2v) is 10.1. The first-order valence-electron chi connectivity index (χ1n) is 11.3. The fraction of sp³-hybridized carbons (Fsp3) is 0.417. The zero-order valence-corrected chi connectivity index (χ0v) is 20.6. The SMILES string of the molecule is Cc1cccc(C(=O)N2CCC3(CC2)CN(C)Cc2nnc(-c4cccs4)n23)c1.O=C(O)C(F)(F)F. The van der Waals surface area contributed by atoms with Gasteiger partial charge in [-0.1, -0.05) is 23.8 Å². The molecule has 3 aromatic rings. The maximum absolute atomic E-state index is 13.0. The van der Waals surface area contributed by atoms with Crippen molar-refractivity contribution in [1.29, 1.82) is 0 Å². The largest absolute Gasteiger partial charge is 0.490 e. The molecule has 192 valence electrons. The van der Waals surface area contributed by atoms with Crippen LogP contribution in [-0.2, 0) is 16.9 Å². The zero-order chi connectivity index (χ0) is 26.1. The van der Waals surface area contributed by atoms with E-state index in [1.807, 2.05) is 36.1 Å². The first-order valence-corrected chi connectivity index (χ1v) is 12.2. The number of rotatable bonds is 2. The Bertz CT molecular complexity index is 1230. The number of carbonyl (C=O) groups is 2. The zero-order valence-electron chi connectivity index (χ0n) is 19.8. The molecular weight excluding hydrogens is 495 g/mol. The summed E-state index contributed by atoms with van der Waals surface area (Å²) in [7, 11) is 2.15. The lowest BCUT2D eigenvalue weighted by Gasteiger charge is -2.48. The van der Waals surface area contributed by atoms with Crippen LogP contribution in [0.5, 0.6) is 0 Å². The Balaban J connectivity index is 0.000000384. The molecule has 0 atom stereocenters. The van der Waals surface area contributed by atoms with Crippen LogP contribution < -0.4 is 0 Å². The van der Waals surface area contributed by atoms with E-state index < -0.39 is 12.1 Å². The predicted octanol–water partition coefficient (Wildman–Crippen LogP) is 4.03. The molecular formula is C24H26F3N5O3S. The van der Waals surface area contributed by atoms with Gasteiger partial charge in [0.2, 0.25) is 0 Å². The fourth-order valence-corrected chi connectivity index (χ4v) is 5.52. The number of hydrogen-bond donors (Lipinski definition) is 1. The number of alkyl halides is 3. The van der Waals surface area contributed by atoms with Gasteiger partial charge in [0, 0.05) is 25.2 Å². The highest BCUT2D eigenvalue weighted by atomic mass is 32.1. The quantitative estimate of drug-likeness (QED) is 0.548. The molecule has 0 aliphatic carbocycles. The minimum Gasteiger partial charge on any atom is -0.475 e. The third-order valence-corrected chi connectivity index (χ3v) is 7.28.